The van der Waals surface area contributed by atoms with Crippen LogP contribution in [0.15, 0.2) is 48.5 Å². The van der Waals surface area contributed by atoms with Crippen molar-refractivity contribution >= 4 is 23.4 Å². The first kappa shape index (κ1) is 25.2. The van der Waals surface area contributed by atoms with Gasteiger partial charge in [-0.3, -0.25) is 9.59 Å². The number of benzene rings is 2. The Labute approximate surface area is 199 Å². The minimum Gasteiger partial charge on any atom is -0.384 e. The zero-order valence-corrected chi connectivity index (χ0v) is 20.3. The van der Waals surface area contributed by atoms with E-state index in [0.29, 0.717) is 24.5 Å². The first-order valence-electron chi connectivity index (χ1n) is 11.2. The molecule has 178 valence electrons. The molecule has 2 amide bonds. The van der Waals surface area contributed by atoms with E-state index in [1.54, 1.807) is 35.2 Å². The maximum Gasteiger partial charge on any atom is 0.245 e. The van der Waals surface area contributed by atoms with Crippen LogP contribution >= 0.6 is 11.6 Å². The Morgan fingerprint density at radius 1 is 1.15 bits per heavy atom. The third kappa shape index (κ3) is 5.39. The van der Waals surface area contributed by atoms with Gasteiger partial charge in [-0.25, -0.2) is 4.39 Å². The summed E-state index contributed by atoms with van der Waals surface area (Å²) in [6.45, 7) is 8.28. The highest BCUT2D eigenvalue weighted by atomic mass is 35.5. The fourth-order valence-electron chi connectivity index (χ4n) is 4.52. The van der Waals surface area contributed by atoms with Crippen LogP contribution in [0.4, 0.5) is 4.39 Å². The number of likely N-dealkylation sites (tertiary alicyclic amines) is 1. The number of nitrogens with zero attached hydrogens (tertiary/aromatic N) is 1. The van der Waals surface area contributed by atoms with Crippen LogP contribution in [0.1, 0.15) is 45.2 Å². The number of amides is 2. The lowest BCUT2D eigenvalue weighted by Crippen LogP contribution is -2.60. The standard InChI is InChI=1S/C26H32ClFN2O3/c1-17(2)23(29-22(31)15-18-7-5-6-8-21(18)28)24(32)30-14-13-26(33,25(3,4)16-30)19-9-11-20(27)12-10-19/h5-12,17,23,33H,13-16H2,1-4H3,(H,29,31)/t23-,26+/m1/s1. The van der Waals surface area contributed by atoms with Gasteiger partial charge < -0.3 is 15.3 Å². The monoisotopic (exact) mass is 474 g/mol. The number of piperidine rings is 1. The quantitative estimate of drug-likeness (QED) is 0.655. The highest BCUT2D eigenvalue weighted by molar-refractivity contribution is 6.30. The van der Waals surface area contributed by atoms with Crippen LogP contribution in [-0.2, 0) is 21.6 Å². The van der Waals surface area contributed by atoms with Crippen molar-refractivity contribution in [2.75, 3.05) is 13.1 Å². The predicted octanol–water partition coefficient (Wildman–Crippen LogP) is 4.31. The van der Waals surface area contributed by atoms with Gasteiger partial charge in [-0.2, -0.15) is 0 Å². The van der Waals surface area contributed by atoms with Gasteiger partial charge in [0.2, 0.25) is 11.8 Å². The van der Waals surface area contributed by atoms with Crippen molar-refractivity contribution in [3.63, 3.8) is 0 Å². The first-order chi connectivity index (χ1) is 15.4. The van der Waals surface area contributed by atoms with Crippen LogP contribution in [0.5, 0.6) is 0 Å². The molecule has 2 atom stereocenters. The Bertz CT molecular complexity index is 1010. The minimum absolute atomic E-state index is 0.134. The normalized spacial score (nSPS) is 21.0. The fraction of sp³-hybridized carbons (Fsp3) is 0.462. The van der Waals surface area contributed by atoms with E-state index >= 15 is 0 Å². The van der Waals surface area contributed by atoms with Gasteiger partial charge in [0, 0.05) is 23.5 Å². The highest BCUT2D eigenvalue weighted by Gasteiger charge is 2.50. The van der Waals surface area contributed by atoms with Crippen molar-refractivity contribution in [3.05, 3.63) is 70.5 Å². The van der Waals surface area contributed by atoms with E-state index < -0.39 is 28.8 Å². The third-order valence-electron chi connectivity index (χ3n) is 6.64. The Morgan fingerprint density at radius 2 is 1.79 bits per heavy atom. The molecule has 5 nitrogen and oxygen atoms in total. The van der Waals surface area contributed by atoms with Crippen molar-refractivity contribution in [2.24, 2.45) is 11.3 Å². The number of nitrogens with one attached hydrogen (secondary N) is 1. The Morgan fingerprint density at radius 3 is 2.36 bits per heavy atom. The van der Waals surface area contributed by atoms with Crippen molar-refractivity contribution in [1.82, 2.24) is 10.2 Å². The number of hydrogen-bond donors (Lipinski definition) is 2. The van der Waals surface area contributed by atoms with Gasteiger partial charge in [0.25, 0.3) is 0 Å². The largest absolute Gasteiger partial charge is 0.384 e. The number of carbonyl (C=O) groups excluding carboxylic acids is 2. The molecule has 0 bridgehead atoms. The summed E-state index contributed by atoms with van der Waals surface area (Å²) in [4.78, 5) is 27.7. The average molecular weight is 475 g/mol. The molecule has 1 saturated heterocycles. The zero-order chi connectivity index (χ0) is 24.4. The van der Waals surface area contributed by atoms with Crippen LogP contribution in [0, 0.1) is 17.2 Å². The lowest BCUT2D eigenvalue weighted by molar-refractivity contribution is -0.156. The number of carbonyl (C=O) groups is 2. The molecule has 7 heteroatoms. The summed E-state index contributed by atoms with van der Waals surface area (Å²) < 4.78 is 13.9. The summed E-state index contributed by atoms with van der Waals surface area (Å²) in [6.07, 6.45) is 0.229. The number of halogens is 2. The molecule has 3 rings (SSSR count). The van der Waals surface area contributed by atoms with E-state index in [9.17, 15) is 19.1 Å². The lowest BCUT2D eigenvalue weighted by Gasteiger charge is -2.51. The molecular weight excluding hydrogens is 443 g/mol. The summed E-state index contributed by atoms with van der Waals surface area (Å²) in [6, 6.07) is 12.5. The molecular formula is C26H32ClFN2O3. The first-order valence-corrected chi connectivity index (χ1v) is 11.6. The fourth-order valence-corrected chi connectivity index (χ4v) is 4.65. The van der Waals surface area contributed by atoms with Crippen LogP contribution in [0.25, 0.3) is 0 Å². The number of hydrogen-bond acceptors (Lipinski definition) is 3. The van der Waals surface area contributed by atoms with E-state index in [1.807, 2.05) is 39.8 Å². The van der Waals surface area contributed by atoms with Gasteiger partial charge in [0.05, 0.1) is 12.0 Å². The van der Waals surface area contributed by atoms with E-state index in [4.69, 9.17) is 11.6 Å². The lowest BCUT2D eigenvalue weighted by atomic mass is 9.66. The van der Waals surface area contributed by atoms with E-state index in [2.05, 4.69) is 5.32 Å². The number of rotatable bonds is 6. The second-order valence-corrected chi connectivity index (χ2v) is 10.3. The Hall–Kier alpha value is -2.44. The SMILES string of the molecule is CC(C)[C@@H](NC(=O)Cc1ccccc1F)C(=O)N1CC[C@](O)(c2ccc(Cl)cc2)C(C)(C)C1. The third-order valence-corrected chi connectivity index (χ3v) is 6.89. The summed E-state index contributed by atoms with van der Waals surface area (Å²) in [7, 11) is 0. The molecule has 33 heavy (non-hydrogen) atoms. The molecule has 1 aliphatic heterocycles. The minimum atomic E-state index is -1.12. The molecule has 0 spiro atoms. The molecule has 0 radical (unpaired) electrons. The van der Waals surface area contributed by atoms with Crippen LogP contribution in [-0.4, -0.2) is 41.0 Å². The smallest absolute Gasteiger partial charge is 0.245 e. The molecule has 0 saturated carbocycles. The molecule has 1 heterocycles. The summed E-state index contributed by atoms with van der Waals surface area (Å²) >= 11 is 6.01. The summed E-state index contributed by atoms with van der Waals surface area (Å²) in [5.74, 6) is -1.19. The van der Waals surface area contributed by atoms with Crippen molar-refractivity contribution in [1.29, 1.82) is 0 Å². The van der Waals surface area contributed by atoms with Crippen molar-refractivity contribution in [3.8, 4) is 0 Å². The van der Waals surface area contributed by atoms with Gasteiger partial charge in [0.1, 0.15) is 11.9 Å². The van der Waals surface area contributed by atoms with Gasteiger partial charge in [-0.1, -0.05) is 69.6 Å². The predicted molar refractivity (Wildman–Crippen MR) is 127 cm³/mol. The molecule has 0 aliphatic carbocycles. The van der Waals surface area contributed by atoms with Gasteiger partial charge in [-0.05, 0) is 41.7 Å². The van der Waals surface area contributed by atoms with E-state index in [1.165, 1.54) is 6.07 Å². The number of aliphatic hydroxyl groups is 1. The van der Waals surface area contributed by atoms with E-state index in [-0.39, 0.29) is 23.8 Å². The molecule has 1 fully saturated rings. The molecule has 2 N–H and O–H groups in total. The Balaban J connectivity index is 1.72. The van der Waals surface area contributed by atoms with E-state index in [0.717, 1.165) is 5.56 Å². The molecule has 1 aliphatic rings. The van der Waals surface area contributed by atoms with Crippen molar-refractivity contribution in [2.45, 2.75) is 52.2 Å². The maximum atomic E-state index is 13.9. The second kappa shape index (κ2) is 9.82. The topological polar surface area (TPSA) is 69.6 Å². The highest BCUT2D eigenvalue weighted by Crippen LogP contribution is 2.46. The van der Waals surface area contributed by atoms with Crippen LogP contribution in [0.3, 0.4) is 0 Å². The summed E-state index contributed by atoms with van der Waals surface area (Å²) in [5.41, 5.74) is -0.692. The van der Waals surface area contributed by atoms with Gasteiger partial charge >= 0.3 is 0 Å². The average Bonchev–Trinajstić information content (AvgIpc) is 2.75. The Kier molecular flexibility index (Phi) is 7.49. The molecule has 0 unspecified atom stereocenters. The molecule has 2 aromatic rings. The van der Waals surface area contributed by atoms with Gasteiger partial charge in [0.15, 0.2) is 0 Å². The maximum absolute atomic E-state index is 13.9. The zero-order valence-electron chi connectivity index (χ0n) is 19.6. The van der Waals surface area contributed by atoms with Gasteiger partial charge in [-0.15, -0.1) is 0 Å². The van der Waals surface area contributed by atoms with Crippen LogP contribution in [0.2, 0.25) is 5.02 Å². The summed E-state index contributed by atoms with van der Waals surface area (Å²) in [5, 5.41) is 15.0. The molecule has 0 aromatic heterocycles. The van der Waals surface area contributed by atoms with Crippen LogP contribution < -0.4 is 5.32 Å². The molecule has 2 aromatic carbocycles. The van der Waals surface area contributed by atoms with Crippen molar-refractivity contribution < 1.29 is 19.1 Å². The second-order valence-electron chi connectivity index (χ2n) is 9.82.